The van der Waals surface area contributed by atoms with E-state index in [-0.39, 0.29) is 6.61 Å². The lowest BCUT2D eigenvalue weighted by Crippen LogP contribution is -2.16. The van der Waals surface area contributed by atoms with E-state index in [1.165, 1.54) is 31.2 Å². The van der Waals surface area contributed by atoms with E-state index in [4.69, 9.17) is 76.2 Å². The van der Waals surface area contributed by atoms with E-state index in [0.717, 1.165) is 11.7 Å². The standard InChI is InChI=1S/C45H84O16/c1-4-42(3)6-7-43(5-2)44-8-10-45(11-9-44)61-41-40-60-39-38-59-37-36-58-35-34-57-33-32-56-31-30-55-29-28-54-27-26-53-25-24-52-23-22-51-21-20-50-19-18-49-17-16-48-15-14-47-13-12-46/h8-11,42-43,46H,4-7,12-41H2,1-3H3. The molecule has 16 heteroatoms. The fraction of sp³-hybridized carbons (Fsp3) is 0.867. The van der Waals surface area contributed by atoms with Crippen molar-refractivity contribution >= 4 is 0 Å². The van der Waals surface area contributed by atoms with E-state index in [1.807, 2.05) is 0 Å². The number of aliphatic hydroxyl groups is 1. The third-order valence-corrected chi connectivity index (χ3v) is 9.12. The maximum Gasteiger partial charge on any atom is 0.119 e. The first-order valence-corrected chi connectivity index (χ1v) is 22.6. The van der Waals surface area contributed by atoms with Gasteiger partial charge in [-0.15, -0.1) is 0 Å². The average molecular weight is 881 g/mol. The Labute approximate surface area is 367 Å². The van der Waals surface area contributed by atoms with Gasteiger partial charge in [-0.2, -0.15) is 0 Å². The zero-order chi connectivity index (χ0) is 43.8. The van der Waals surface area contributed by atoms with Crippen LogP contribution in [0, 0.1) is 5.92 Å². The molecule has 61 heavy (non-hydrogen) atoms. The van der Waals surface area contributed by atoms with Crippen LogP contribution in [-0.4, -0.2) is 203 Å². The summed E-state index contributed by atoms with van der Waals surface area (Å²) in [6.07, 6.45) is 4.94. The van der Waals surface area contributed by atoms with Crippen molar-refractivity contribution in [1.29, 1.82) is 0 Å². The zero-order valence-electron chi connectivity index (χ0n) is 38.1. The van der Waals surface area contributed by atoms with Crippen molar-refractivity contribution in [2.24, 2.45) is 5.92 Å². The Morgan fingerprint density at radius 1 is 0.344 bits per heavy atom. The molecule has 1 rings (SSSR count). The van der Waals surface area contributed by atoms with E-state index in [2.05, 4.69) is 45.0 Å². The second-order valence-corrected chi connectivity index (χ2v) is 13.9. The highest BCUT2D eigenvalue weighted by Gasteiger charge is 2.11. The molecule has 0 aromatic heterocycles. The minimum atomic E-state index is 0.0224. The molecule has 16 nitrogen and oxygen atoms in total. The van der Waals surface area contributed by atoms with Gasteiger partial charge in [-0.1, -0.05) is 45.7 Å². The normalized spacial score (nSPS) is 12.7. The lowest BCUT2D eigenvalue weighted by molar-refractivity contribution is -0.0298. The number of aliphatic hydroxyl groups excluding tert-OH is 1. The second-order valence-electron chi connectivity index (χ2n) is 13.9. The lowest BCUT2D eigenvalue weighted by atomic mass is 9.88. The van der Waals surface area contributed by atoms with Crippen LogP contribution in [0.1, 0.15) is 57.9 Å². The van der Waals surface area contributed by atoms with Crippen LogP contribution in [0.2, 0.25) is 0 Å². The van der Waals surface area contributed by atoms with Crippen molar-refractivity contribution < 1.29 is 76.2 Å². The van der Waals surface area contributed by atoms with Crippen molar-refractivity contribution in [2.45, 2.75) is 52.4 Å². The van der Waals surface area contributed by atoms with Gasteiger partial charge in [-0.3, -0.25) is 0 Å². The van der Waals surface area contributed by atoms with Gasteiger partial charge < -0.3 is 76.2 Å². The molecule has 0 saturated heterocycles. The van der Waals surface area contributed by atoms with E-state index in [1.54, 1.807) is 0 Å². The fourth-order valence-electron chi connectivity index (χ4n) is 5.38. The van der Waals surface area contributed by atoms with E-state index < -0.39 is 0 Å². The van der Waals surface area contributed by atoms with Crippen molar-refractivity contribution in [1.82, 2.24) is 0 Å². The summed E-state index contributed by atoms with van der Waals surface area (Å²) >= 11 is 0. The summed E-state index contributed by atoms with van der Waals surface area (Å²) < 4.78 is 82.4. The summed E-state index contributed by atoms with van der Waals surface area (Å²) in [5.41, 5.74) is 1.40. The Hall–Kier alpha value is -1.58. The summed E-state index contributed by atoms with van der Waals surface area (Å²) in [5.74, 6) is 2.29. The van der Waals surface area contributed by atoms with Gasteiger partial charge in [0.05, 0.1) is 192 Å². The molecule has 1 aromatic rings. The van der Waals surface area contributed by atoms with Crippen molar-refractivity contribution in [3.63, 3.8) is 0 Å². The minimum Gasteiger partial charge on any atom is -0.491 e. The molecule has 0 aliphatic rings. The topological polar surface area (TPSA) is 159 Å². The number of hydrogen-bond donors (Lipinski definition) is 1. The third kappa shape index (κ3) is 40.9. The Morgan fingerprint density at radius 2 is 0.607 bits per heavy atom. The largest absolute Gasteiger partial charge is 0.491 e. The van der Waals surface area contributed by atoms with Crippen LogP contribution < -0.4 is 4.74 Å². The molecule has 0 aliphatic carbocycles. The highest BCUT2D eigenvalue weighted by molar-refractivity contribution is 5.29. The second kappa shape index (κ2) is 47.9. The van der Waals surface area contributed by atoms with Gasteiger partial charge in [0.25, 0.3) is 0 Å². The smallest absolute Gasteiger partial charge is 0.119 e. The molecule has 0 amide bonds. The highest BCUT2D eigenvalue weighted by atomic mass is 16.6. The predicted molar refractivity (Wildman–Crippen MR) is 232 cm³/mol. The first kappa shape index (κ1) is 57.4. The molecule has 0 aliphatic heterocycles. The van der Waals surface area contributed by atoms with Gasteiger partial charge in [0.15, 0.2) is 0 Å². The quantitative estimate of drug-likeness (QED) is 0.0904. The molecular weight excluding hydrogens is 796 g/mol. The monoisotopic (exact) mass is 881 g/mol. The Kier molecular flexibility index (Phi) is 45.1. The SMILES string of the molecule is CCC(C)CCC(CC)c1ccc(OCCOCCOCCOCCOCCOCCOCCOCCOCCOCCOCCOCCOCCOCCOCCO)cc1. The molecule has 0 fully saturated rings. The van der Waals surface area contributed by atoms with Gasteiger partial charge in [0.1, 0.15) is 12.4 Å². The molecule has 1 aromatic carbocycles. The van der Waals surface area contributed by atoms with Crippen LogP contribution in [0.5, 0.6) is 5.75 Å². The number of hydrogen-bond acceptors (Lipinski definition) is 16. The molecule has 0 bridgehead atoms. The number of benzene rings is 1. The fourth-order valence-corrected chi connectivity index (χ4v) is 5.38. The van der Waals surface area contributed by atoms with Gasteiger partial charge in [0, 0.05) is 0 Å². The maximum atomic E-state index is 8.60. The highest BCUT2D eigenvalue weighted by Crippen LogP contribution is 2.28. The van der Waals surface area contributed by atoms with Crippen LogP contribution in [0.25, 0.3) is 0 Å². The molecule has 2 atom stereocenters. The van der Waals surface area contributed by atoms with Crippen LogP contribution >= 0.6 is 0 Å². The van der Waals surface area contributed by atoms with Crippen molar-refractivity contribution in [3.05, 3.63) is 29.8 Å². The van der Waals surface area contributed by atoms with Crippen molar-refractivity contribution in [3.8, 4) is 5.75 Å². The zero-order valence-corrected chi connectivity index (χ0v) is 38.1. The summed E-state index contributed by atoms with van der Waals surface area (Å²) in [6.45, 7) is 21.3. The Morgan fingerprint density at radius 3 is 0.852 bits per heavy atom. The van der Waals surface area contributed by atoms with E-state index >= 15 is 0 Å². The summed E-state index contributed by atoms with van der Waals surface area (Å²) in [6, 6.07) is 8.56. The Balaban J connectivity index is 1.68. The first-order valence-electron chi connectivity index (χ1n) is 22.6. The van der Waals surface area contributed by atoms with Gasteiger partial charge in [-0.05, 0) is 42.4 Å². The minimum absolute atomic E-state index is 0.0224. The third-order valence-electron chi connectivity index (χ3n) is 9.12. The molecule has 0 heterocycles. The molecule has 0 spiro atoms. The van der Waals surface area contributed by atoms with Gasteiger partial charge in [-0.25, -0.2) is 0 Å². The van der Waals surface area contributed by atoms with E-state index in [9.17, 15) is 0 Å². The van der Waals surface area contributed by atoms with Gasteiger partial charge in [0.2, 0.25) is 0 Å². The van der Waals surface area contributed by atoms with Gasteiger partial charge >= 0.3 is 0 Å². The van der Waals surface area contributed by atoms with Crippen LogP contribution in [0.3, 0.4) is 0 Å². The molecular formula is C45H84O16. The summed E-state index contributed by atoms with van der Waals surface area (Å²) in [7, 11) is 0. The molecule has 2 unspecified atom stereocenters. The maximum absolute atomic E-state index is 8.60. The van der Waals surface area contributed by atoms with Crippen molar-refractivity contribution in [2.75, 3.05) is 198 Å². The Bertz CT molecular complexity index is 979. The number of ether oxygens (including phenoxy) is 15. The molecule has 0 radical (unpaired) electrons. The summed E-state index contributed by atoms with van der Waals surface area (Å²) in [4.78, 5) is 0. The molecule has 0 saturated carbocycles. The van der Waals surface area contributed by atoms with E-state index in [0.29, 0.717) is 198 Å². The molecule has 360 valence electrons. The first-order chi connectivity index (χ1) is 30.2. The predicted octanol–water partition coefficient (Wildman–Crippen LogP) is 4.61. The van der Waals surface area contributed by atoms with Crippen LogP contribution in [-0.2, 0) is 66.3 Å². The molecule has 1 N–H and O–H groups in total. The lowest BCUT2D eigenvalue weighted by Gasteiger charge is -2.18. The van der Waals surface area contributed by atoms with Crippen LogP contribution in [0.4, 0.5) is 0 Å². The van der Waals surface area contributed by atoms with Crippen LogP contribution in [0.15, 0.2) is 24.3 Å². The number of rotatable bonds is 51. The average Bonchev–Trinajstić information content (AvgIpc) is 3.28. The summed E-state index contributed by atoms with van der Waals surface area (Å²) in [5, 5.41) is 8.60.